The van der Waals surface area contributed by atoms with Crippen LogP contribution in [0, 0.1) is 10.1 Å². The first kappa shape index (κ1) is 14.9. The molecule has 0 atom stereocenters. The van der Waals surface area contributed by atoms with Gasteiger partial charge in [0, 0.05) is 6.54 Å². The second-order valence-electron chi connectivity index (χ2n) is 4.25. The number of nitrogens with zero attached hydrogens (tertiary/aromatic N) is 2. The molecule has 0 radical (unpaired) electrons. The van der Waals surface area contributed by atoms with Crippen LogP contribution in [0.4, 0.5) is 5.69 Å². The second kappa shape index (κ2) is 6.69. The van der Waals surface area contributed by atoms with E-state index in [1.54, 1.807) is 0 Å². The summed E-state index contributed by atoms with van der Waals surface area (Å²) in [5.41, 5.74) is -0.803. The van der Waals surface area contributed by atoms with Crippen LogP contribution >= 0.6 is 0 Å². The molecule has 1 N–H and O–H groups in total. The Bertz CT molecular complexity index is 473. The quantitative estimate of drug-likeness (QED) is 0.459. The van der Waals surface area contributed by atoms with Gasteiger partial charge in [-0.1, -0.05) is 0 Å². The molecule has 7 heteroatoms. The number of hydrogen-bond acceptors (Lipinski definition) is 5. The minimum Gasteiger partial charge on any atom is -0.493 e. The molecule has 0 saturated heterocycles. The highest BCUT2D eigenvalue weighted by Gasteiger charge is 2.20. The Labute approximate surface area is 110 Å². The molecule has 0 fully saturated rings. The molecule has 19 heavy (non-hydrogen) atoms. The monoisotopic (exact) mass is 268 g/mol. The van der Waals surface area contributed by atoms with Gasteiger partial charge in [0.05, 0.1) is 17.6 Å². The molecule has 0 unspecified atom stereocenters. The summed E-state index contributed by atoms with van der Waals surface area (Å²) in [4.78, 5) is 22.9. The summed E-state index contributed by atoms with van der Waals surface area (Å²) >= 11 is 0. The summed E-state index contributed by atoms with van der Waals surface area (Å²) < 4.78 is 5.36. The predicted octanol–water partition coefficient (Wildman–Crippen LogP) is 1.62. The van der Waals surface area contributed by atoms with Gasteiger partial charge in [0.1, 0.15) is 11.3 Å². The van der Waals surface area contributed by atoms with E-state index in [4.69, 9.17) is 9.84 Å². The van der Waals surface area contributed by atoms with Crippen molar-refractivity contribution >= 4 is 11.7 Å². The molecule has 0 aliphatic heterocycles. The summed E-state index contributed by atoms with van der Waals surface area (Å²) in [6, 6.07) is 3.74. The van der Waals surface area contributed by atoms with E-state index in [0.717, 1.165) is 19.0 Å². The first-order valence-corrected chi connectivity index (χ1v) is 5.71. The highest BCUT2D eigenvalue weighted by atomic mass is 16.6. The number of carboxylic acids is 1. The number of carbonyl (C=O) groups is 1. The van der Waals surface area contributed by atoms with Gasteiger partial charge in [-0.25, -0.2) is 4.79 Å². The van der Waals surface area contributed by atoms with Gasteiger partial charge < -0.3 is 14.7 Å². The van der Waals surface area contributed by atoms with Crippen LogP contribution in [0.25, 0.3) is 0 Å². The SMILES string of the molecule is CN(C)CCCOc1ccc(C(=O)O)c([N+](=O)[O-])c1. The molecule has 1 rings (SSSR count). The smallest absolute Gasteiger partial charge is 0.342 e. The van der Waals surface area contributed by atoms with Crippen molar-refractivity contribution in [3.8, 4) is 5.75 Å². The van der Waals surface area contributed by atoms with Crippen molar-refractivity contribution in [2.45, 2.75) is 6.42 Å². The number of hydrogen-bond donors (Lipinski definition) is 1. The second-order valence-corrected chi connectivity index (χ2v) is 4.25. The zero-order valence-electron chi connectivity index (χ0n) is 10.8. The van der Waals surface area contributed by atoms with Crippen molar-refractivity contribution in [1.29, 1.82) is 0 Å². The Morgan fingerprint density at radius 3 is 2.68 bits per heavy atom. The molecule has 1 aromatic carbocycles. The molecule has 1 aromatic rings. The van der Waals surface area contributed by atoms with Crippen LogP contribution in [0.5, 0.6) is 5.75 Å². The molecule has 0 aliphatic carbocycles. The fraction of sp³-hybridized carbons (Fsp3) is 0.417. The van der Waals surface area contributed by atoms with Crippen molar-refractivity contribution in [2.24, 2.45) is 0 Å². The minimum absolute atomic E-state index is 0.301. The Kier molecular flexibility index (Phi) is 5.25. The lowest BCUT2D eigenvalue weighted by molar-refractivity contribution is -0.385. The van der Waals surface area contributed by atoms with Gasteiger partial charge in [-0.05, 0) is 32.6 Å². The average molecular weight is 268 g/mol. The van der Waals surface area contributed by atoms with Crippen LogP contribution in [-0.4, -0.2) is 48.1 Å². The fourth-order valence-electron chi connectivity index (χ4n) is 1.50. The lowest BCUT2D eigenvalue weighted by Crippen LogP contribution is -2.15. The molecule has 0 heterocycles. The van der Waals surface area contributed by atoms with E-state index >= 15 is 0 Å². The van der Waals surface area contributed by atoms with Crippen LogP contribution in [0.15, 0.2) is 18.2 Å². The highest BCUT2D eigenvalue weighted by Crippen LogP contribution is 2.24. The maximum Gasteiger partial charge on any atom is 0.342 e. The zero-order chi connectivity index (χ0) is 14.4. The van der Waals surface area contributed by atoms with Gasteiger partial charge in [-0.3, -0.25) is 10.1 Å². The van der Waals surface area contributed by atoms with Gasteiger partial charge in [0.15, 0.2) is 0 Å². The summed E-state index contributed by atoms with van der Waals surface area (Å²) in [5.74, 6) is -1.03. The number of nitro groups is 1. The van der Waals surface area contributed by atoms with Crippen LogP contribution in [0.1, 0.15) is 16.8 Å². The van der Waals surface area contributed by atoms with Gasteiger partial charge >= 0.3 is 5.97 Å². The summed E-state index contributed by atoms with van der Waals surface area (Å²) in [6.45, 7) is 1.26. The molecule has 0 spiro atoms. The van der Waals surface area contributed by atoms with Crippen LogP contribution in [0.3, 0.4) is 0 Å². The minimum atomic E-state index is -1.33. The average Bonchev–Trinajstić information content (AvgIpc) is 2.33. The molecule has 0 amide bonds. The Morgan fingerprint density at radius 2 is 2.16 bits per heavy atom. The van der Waals surface area contributed by atoms with E-state index in [1.165, 1.54) is 12.1 Å². The van der Waals surface area contributed by atoms with Crippen molar-refractivity contribution in [3.05, 3.63) is 33.9 Å². The zero-order valence-corrected chi connectivity index (χ0v) is 10.8. The predicted molar refractivity (Wildman–Crippen MR) is 68.7 cm³/mol. The molecule has 7 nitrogen and oxygen atoms in total. The number of aromatic carboxylic acids is 1. The van der Waals surface area contributed by atoms with Gasteiger partial charge in [0.2, 0.25) is 0 Å². The third-order valence-corrected chi connectivity index (χ3v) is 2.41. The maximum atomic E-state index is 10.8. The lowest BCUT2D eigenvalue weighted by Gasteiger charge is -2.10. The van der Waals surface area contributed by atoms with Crippen LogP contribution in [-0.2, 0) is 0 Å². The number of carboxylic acid groups (broad SMARTS) is 1. The van der Waals surface area contributed by atoms with E-state index in [1.807, 2.05) is 19.0 Å². The van der Waals surface area contributed by atoms with E-state index in [-0.39, 0.29) is 5.56 Å². The third kappa shape index (κ3) is 4.55. The van der Waals surface area contributed by atoms with E-state index in [2.05, 4.69) is 0 Å². The maximum absolute atomic E-state index is 10.8. The topological polar surface area (TPSA) is 92.9 Å². The summed E-state index contributed by atoms with van der Waals surface area (Å²) in [6.07, 6.45) is 0.779. The molecule has 0 saturated carbocycles. The van der Waals surface area contributed by atoms with Gasteiger partial charge in [-0.2, -0.15) is 0 Å². The Balaban J connectivity index is 2.73. The Morgan fingerprint density at radius 1 is 1.47 bits per heavy atom. The van der Waals surface area contributed by atoms with Gasteiger partial charge in [0.25, 0.3) is 5.69 Å². The molecular formula is C12H16N2O5. The Hall–Kier alpha value is -2.15. The van der Waals surface area contributed by atoms with Crippen LogP contribution in [0.2, 0.25) is 0 Å². The molecule has 0 bridgehead atoms. The van der Waals surface area contributed by atoms with Crippen LogP contribution < -0.4 is 4.74 Å². The van der Waals surface area contributed by atoms with Crippen molar-refractivity contribution in [1.82, 2.24) is 4.90 Å². The highest BCUT2D eigenvalue weighted by molar-refractivity contribution is 5.92. The van der Waals surface area contributed by atoms with Gasteiger partial charge in [-0.15, -0.1) is 0 Å². The largest absolute Gasteiger partial charge is 0.493 e. The molecule has 104 valence electrons. The van der Waals surface area contributed by atoms with E-state index in [0.29, 0.717) is 12.4 Å². The normalized spacial score (nSPS) is 10.5. The molecule has 0 aromatic heterocycles. The first-order chi connectivity index (χ1) is 8.91. The van der Waals surface area contributed by atoms with Crippen molar-refractivity contribution in [3.63, 3.8) is 0 Å². The first-order valence-electron chi connectivity index (χ1n) is 5.71. The van der Waals surface area contributed by atoms with Crippen molar-refractivity contribution in [2.75, 3.05) is 27.2 Å². The number of nitro benzene ring substituents is 1. The van der Waals surface area contributed by atoms with E-state index in [9.17, 15) is 14.9 Å². The molecular weight excluding hydrogens is 252 g/mol. The van der Waals surface area contributed by atoms with E-state index < -0.39 is 16.6 Å². The van der Waals surface area contributed by atoms with Crippen molar-refractivity contribution < 1.29 is 19.6 Å². The third-order valence-electron chi connectivity index (χ3n) is 2.41. The fourth-order valence-corrected chi connectivity index (χ4v) is 1.50. The number of rotatable bonds is 7. The molecule has 0 aliphatic rings. The lowest BCUT2D eigenvalue weighted by atomic mass is 10.2. The number of ether oxygens (including phenoxy) is 1. The number of benzene rings is 1. The standard InChI is InChI=1S/C12H16N2O5/c1-13(2)6-3-7-19-9-4-5-10(12(15)16)11(8-9)14(17)18/h4-5,8H,3,6-7H2,1-2H3,(H,15,16). The summed E-state index contributed by atoms with van der Waals surface area (Å²) in [5, 5.41) is 19.6. The summed E-state index contributed by atoms with van der Waals surface area (Å²) in [7, 11) is 3.87.